The van der Waals surface area contributed by atoms with Gasteiger partial charge in [-0.25, -0.2) is 0 Å². The van der Waals surface area contributed by atoms with Crippen LogP contribution in [0.3, 0.4) is 0 Å². The van der Waals surface area contributed by atoms with Gasteiger partial charge in [-0.1, -0.05) is 48.0 Å². The lowest BCUT2D eigenvalue weighted by atomic mass is 9.69. The number of aromatic nitrogens is 1. The average molecular weight is 352 g/mol. The smallest absolute Gasteiger partial charge is 0.0743 e. The number of nitrogens with one attached hydrogen (secondary N) is 2. The molecule has 25 heavy (non-hydrogen) atoms. The molecule has 2 atom stereocenters. The molecule has 0 saturated carbocycles. The van der Waals surface area contributed by atoms with Crippen LogP contribution in [-0.4, -0.2) is 30.7 Å². The number of nitrogens with zero attached hydrogens (tertiary/aromatic N) is 1. The van der Waals surface area contributed by atoms with E-state index in [0.29, 0.717) is 0 Å². The summed E-state index contributed by atoms with van der Waals surface area (Å²) in [6, 6.07) is 19.1. The molecular weight excluding hydrogens is 330 g/mol. The van der Waals surface area contributed by atoms with Crippen molar-refractivity contribution in [1.82, 2.24) is 15.6 Å². The van der Waals surface area contributed by atoms with Crippen molar-refractivity contribution in [2.75, 3.05) is 19.6 Å². The molecule has 0 aliphatic carbocycles. The summed E-state index contributed by atoms with van der Waals surface area (Å²) >= 11 is 6.15. The number of benzene rings is 2. The van der Waals surface area contributed by atoms with Crippen LogP contribution in [0.4, 0.5) is 0 Å². The van der Waals surface area contributed by atoms with Gasteiger partial charge in [0.05, 0.1) is 5.52 Å². The molecule has 1 aliphatic heterocycles. The van der Waals surface area contributed by atoms with Crippen molar-refractivity contribution < 1.29 is 0 Å². The molecule has 2 N–H and O–H groups in total. The molecule has 1 aromatic heterocycles. The molecule has 1 aliphatic rings. The van der Waals surface area contributed by atoms with E-state index in [1.165, 1.54) is 16.5 Å². The van der Waals surface area contributed by atoms with Gasteiger partial charge in [-0.2, -0.15) is 0 Å². The molecule has 2 aromatic carbocycles. The molecular formula is C21H22ClN3. The highest BCUT2D eigenvalue weighted by molar-refractivity contribution is 6.30. The van der Waals surface area contributed by atoms with Crippen molar-refractivity contribution in [3.63, 3.8) is 0 Å². The number of halogens is 1. The molecule has 1 fully saturated rings. The van der Waals surface area contributed by atoms with Crippen molar-refractivity contribution in [2.45, 2.75) is 18.4 Å². The highest BCUT2D eigenvalue weighted by Gasteiger charge is 2.39. The first-order chi connectivity index (χ1) is 12.2. The van der Waals surface area contributed by atoms with E-state index in [-0.39, 0.29) is 11.5 Å². The zero-order valence-electron chi connectivity index (χ0n) is 14.3. The topological polar surface area (TPSA) is 37.0 Å². The van der Waals surface area contributed by atoms with Crippen LogP contribution in [0.5, 0.6) is 0 Å². The number of hydrogen-bond acceptors (Lipinski definition) is 3. The van der Waals surface area contributed by atoms with Gasteiger partial charge in [0.2, 0.25) is 0 Å². The summed E-state index contributed by atoms with van der Waals surface area (Å²) in [4.78, 5) is 4.71. The lowest BCUT2D eigenvalue weighted by Gasteiger charge is -2.42. The molecule has 4 heteroatoms. The predicted molar refractivity (Wildman–Crippen MR) is 104 cm³/mol. The molecule has 128 valence electrons. The highest BCUT2D eigenvalue weighted by atomic mass is 35.5. The first kappa shape index (κ1) is 16.5. The van der Waals surface area contributed by atoms with Gasteiger partial charge in [-0.3, -0.25) is 4.98 Å². The van der Waals surface area contributed by atoms with E-state index in [0.717, 1.165) is 30.2 Å². The zero-order chi connectivity index (χ0) is 17.3. The van der Waals surface area contributed by atoms with Crippen molar-refractivity contribution in [3.05, 3.63) is 76.9 Å². The van der Waals surface area contributed by atoms with E-state index in [1.807, 2.05) is 24.4 Å². The maximum absolute atomic E-state index is 6.15. The van der Waals surface area contributed by atoms with Crippen LogP contribution in [0.25, 0.3) is 10.9 Å². The van der Waals surface area contributed by atoms with Crippen molar-refractivity contribution >= 4 is 22.5 Å². The number of pyridine rings is 1. The molecule has 2 unspecified atom stereocenters. The fourth-order valence-corrected chi connectivity index (χ4v) is 4.05. The van der Waals surface area contributed by atoms with Gasteiger partial charge in [0, 0.05) is 47.7 Å². The maximum atomic E-state index is 6.15. The largest absolute Gasteiger partial charge is 0.314 e. The number of rotatable bonds is 3. The predicted octanol–water partition coefficient (Wildman–Crippen LogP) is 3.76. The third-order valence-corrected chi connectivity index (χ3v) is 5.63. The third kappa shape index (κ3) is 2.93. The van der Waals surface area contributed by atoms with Gasteiger partial charge in [0.25, 0.3) is 0 Å². The lowest BCUT2D eigenvalue weighted by Crippen LogP contribution is -2.58. The Hall–Kier alpha value is -1.94. The Morgan fingerprint density at radius 1 is 1.04 bits per heavy atom. The fraction of sp³-hybridized carbons (Fsp3) is 0.286. The highest BCUT2D eigenvalue weighted by Crippen LogP contribution is 2.39. The Morgan fingerprint density at radius 2 is 1.84 bits per heavy atom. The molecule has 3 nitrogen and oxygen atoms in total. The van der Waals surface area contributed by atoms with E-state index in [2.05, 4.69) is 54.0 Å². The summed E-state index contributed by atoms with van der Waals surface area (Å²) in [6.45, 7) is 5.19. The molecule has 0 amide bonds. The molecule has 0 bridgehead atoms. The standard InChI is InChI=1S/C21H22ClN3/c1-21(19-14-23-12-13-24-19,16-7-9-17(22)10-8-16)18-6-2-4-15-5-3-11-25-20(15)18/h2-11,19,23-24H,12-14H2,1H3. The summed E-state index contributed by atoms with van der Waals surface area (Å²) in [5.41, 5.74) is 3.34. The maximum Gasteiger partial charge on any atom is 0.0743 e. The monoisotopic (exact) mass is 351 g/mol. The van der Waals surface area contributed by atoms with Crippen molar-refractivity contribution in [1.29, 1.82) is 0 Å². The van der Waals surface area contributed by atoms with Crippen LogP contribution in [0.15, 0.2) is 60.8 Å². The van der Waals surface area contributed by atoms with Gasteiger partial charge in [-0.05, 0) is 36.2 Å². The van der Waals surface area contributed by atoms with Gasteiger partial charge in [-0.15, -0.1) is 0 Å². The molecule has 1 saturated heterocycles. The second kappa shape index (κ2) is 6.75. The molecule has 2 heterocycles. The normalized spacial score (nSPS) is 20.3. The molecule has 4 rings (SSSR count). The van der Waals surface area contributed by atoms with Crippen LogP contribution in [0.2, 0.25) is 5.02 Å². The second-order valence-electron chi connectivity index (χ2n) is 6.80. The molecule has 0 spiro atoms. The van der Waals surface area contributed by atoms with Crippen LogP contribution in [0, 0.1) is 0 Å². The zero-order valence-corrected chi connectivity index (χ0v) is 15.1. The minimum absolute atomic E-state index is 0.216. The quantitative estimate of drug-likeness (QED) is 0.754. The fourth-order valence-electron chi connectivity index (χ4n) is 3.93. The van der Waals surface area contributed by atoms with Crippen molar-refractivity contribution in [2.24, 2.45) is 0 Å². The van der Waals surface area contributed by atoms with Gasteiger partial charge < -0.3 is 10.6 Å². The van der Waals surface area contributed by atoms with Crippen LogP contribution >= 0.6 is 11.6 Å². The molecule has 3 aromatic rings. The average Bonchev–Trinajstić information content (AvgIpc) is 2.68. The number of piperazine rings is 1. The summed E-state index contributed by atoms with van der Waals surface area (Å²) in [7, 11) is 0. The van der Waals surface area contributed by atoms with Crippen molar-refractivity contribution in [3.8, 4) is 0 Å². The number of para-hydroxylation sites is 1. The van der Waals surface area contributed by atoms with Gasteiger partial charge in [0.1, 0.15) is 0 Å². The number of fused-ring (bicyclic) bond motifs is 1. The van der Waals surface area contributed by atoms with E-state index < -0.39 is 0 Å². The van der Waals surface area contributed by atoms with Gasteiger partial charge in [0.15, 0.2) is 0 Å². The summed E-state index contributed by atoms with van der Waals surface area (Å²) in [5.74, 6) is 0. The summed E-state index contributed by atoms with van der Waals surface area (Å²) in [6.07, 6.45) is 1.88. The summed E-state index contributed by atoms with van der Waals surface area (Å²) < 4.78 is 0. The Labute approximate surface area is 153 Å². The Balaban J connectivity index is 1.94. The lowest BCUT2D eigenvalue weighted by molar-refractivity contribution is 0.317. The third-order valence-electron chi connectivity index (χ3n) is 5.37. The Morgan fingerprint density at radius 3 is 2.60 bits per heavy atom. The second-order valence-corrected chi connectivity index (χ2v) is 7.24. The SMILES string of the molecule is CC(c1ccc(Cl)cc1)(c1cccc2cccnc12)C1CNCCN1. The van der Waals surface area contributed by atoms with E-state index in [9.17, 15) is 0 Å². The minimum atomic E-state index is -0.216. The Bertz CT molecular complexity index is 866. The first-order valence-corrected chi connectivity index (χ1v) is 9.12. The van der Waals surface area contributed by atoms with Gasteiger partial charge >= 0.3 is 0 Å². The van der Waals surface area contributed by atoms with E-state index in [4.69, 9.17) is 16.6 Å². The van der Waals surface area contributed by atoms with E-state index >= 15 is 0 Å². The molecule has 0 radical (unpaired) electrons. The minimum Gasteiger partial charge on any atom is -0.314 e. The summed E-state index contributed by atoms with van der Waals surface area (Å²) in [5, 5.41) is 9.17. The Kier molecular flexibility index (Phi) is 4.46. The number of hydrogen-bond donors (Lipinski definition) is 2. The van der Waals surface area contributed by atoms with E-state index in [1.54, 1.807) is 0 Å². The first-order valence-electron chi connectivity index (χ1n) is 8.74. The van der Waals surface area contributed by atoms with Crippen LogP contribution in [0.1, 0.15) is 18.1 Å². The van der Waals surface area contributed by atoms with Crippen LogP contribution in [-0.2, 0) is 5.41 Å². The van der Waals surface area contributed by atoms with Crippen LogP contribution < -0.4 is 10.6 Å².